The molecule has 0 aromatic heterocycles. The van der Waals surface area contributed by atoms with E-state index in [-0.39, 0.29) is 36.8 Å². The van der Waals surface area contributed by atoms with Gasteiger partial charge in [0, 0.05) is 11.1 Å². The van der Waals surface area contributed by atoms with Gasteiger partial charge in [-0.2, -0.15) is 0 Å². The average molecular weight is 541 g/mol. The molecule has 0 heterocycles. The van der Waals surface area contributed by atoms with Crippen molar-refractivity contribution in [2.75, 3.05) is 0 Å². The molecule has 10 nitrogen and oxygen atoms in total. The third-order valence-corrected chi connectivity index (χ3v) is 7.16. The zero-order chi connectivity index (χ0) is 29.4. The fraction of sp³-hybridized carbons (Fsp3) is 0.379. The molecule has 0 spiro atoms. The standard InChI is InChI=1S/C29H32O10/c1-5-27(6-2,23(32)33)25(36)38-29(21(30)19-15-11-9-12-16-19,22(31)20-17-13-10-14-18-20)39-26(37)28(7-3,8-4)24(34)35/h9-18H,5-8H2,1-4H3,(H,32,33)(H,34,35). The molecule has 0 aliphatic heterocycles. The predicted molar refractivity (Wildman–Crippen MR) is 138 cm³/mol. The molecular formula is C29H32O10. The van der Waals surface area contributed by atoms with E-state index < -0.39 is 52.1 Å². The highest BCUT2D eigenvalue weighted by atomic mass is 16.7. The van der Waals surface area contributed by atoms with Crippen LogP contribution in [0.15, 0.2) is 60.7 Å². The molecule has 2 rings (SSSR count). The maximum atomic E-state index is 14.0. The maximum absolute atomic E-state index is 14.0. The lowest BCUT2D eigenvalue weighted by atomic mass is 9.81. The van der Waals surface area contributed by atoms with Crippen LogP contribution in [0.5, 0.6) is 0 Å². The summed E-state index contributed by atoms with van der Waals surface area (Å²) in [6.07, 6.45) is -1.10. The number of benzene rings is 2. The molecule has 0 bridgehead atoms. The summed E-state index contributed by atoms with van der Waals surface area (Å²) < 4.78 is 10.9. The summed E-state index contributed by atoms with van der Waals surface area (Å²) in [5.74, 6) is -12.0. The lowest BCUT2D eigenvalue weighted by Crippen LogP contribution is -2.58. The molecule has 0 amide bonds. The lowest BCUT2D eigenvalue weighted by molar-refractivity contribution is -0.213. The molecule has 39 heavy (non-hydrogen) atoms. The van der Waals surface area contributed by atoms with Gasteiger partial charge in [0.05, 0.1) is 0 Å². The van der Waals surface area contributed by atoms with Crippen molar-refractivity contribution >= 4 is 35.4 Å². The number of hydrogen-bond acceptors (Lipinski definition) is 8. The van der Waals surface area contributed by atoms with Gasteiger partial charge in [-0.15, -0.1) is 0 Å². The van der Waals surface area contributed by atoms with Crippen LogP contribution in [0, 0.1) is 10.8 Å². The van der Waals surface area contributed by atoms with Crippen molar-refractivity contribution < 1.29 is 48.5 Å². The monoisotopic (exact) mass is 540 g/mol. The summed E-state index contributed by atoms with van der Waals surface area (Å²) in [5, 5.41) is 19.8. The molecule has 0 saturated heterocycles. The van der Waals surface area contributed by atoms with E-state index in [0.29, 0.717) is 0 Å². The summed E-state index contributed by atoms with van der Waals surface area (Å²) in [5.41, 5.74) is -4.79. The Morgan fingerprint density at radius 2 is 0.846 bits per heavy atom. The van der Waals surface area contributed by atoms with E-state index in [1.165, 1.54) is 76.2 Å². The van der Waals surface area contributed by atoms with Crippen molar-refractivity contribution in [3.63, 3.8) is 0 Å². The molecule has 10 heteroatoms. The van der Waals surface area contributed by atoms with Crippen LogP contribution in [-0.2, 0) is 28.7 Å². The Labute approximate surface area is 225 Å². The van der Waals surface area contributed by atoms with Gasteiger partial charge in [0.1, 0.15) is 0 Å². The molecule has 0 fully saturated rings. The third kappa shape index (κ3) is 5.59. The van der Waals surface area contributed by atoms with Crippen molar-refractivity contribution in [1.82, 2.24) is 0 Å². The Kier molecular flexibility index (Phi) is 9.87. The quantitative estimate of drug-likeness (QED) is 0.153. The van der Waals surface area contributed by atoms with Crippen LogP contribution in [0.3, 0.4) is 0 Å². The first kappa shape index (κ1) is 30.9. The Balaban J connectivity index is 2.92. The number of aliphatic carboxylic acids is 2. The summed E-state index contributed by atoms with van der Waals surface area (Å²) in [6.45, 7) is 5.64. The van der Waals surface area contributed by atoms with E-state index >= 15 is 0 Å². The molecule has 0 unspecified atom stereocenters. The van der Waals surface area contributed by atoms with E-state index in [9.17, 15) is 39.0 Å². The first-order valence-corrected chi connectivity index (χ1v) is 12.6. The van der Waals surface area contributed by atoms with Crippen LogP contribution < -0.4 is 0 Å². The van der Waals surface area contributed by atoms with Crippen LogP contribution in [-0.4, -0.2) is 51.4 Å². The van der Waals surface area contributed by atoms with Gasteiger partial charge in [0.2, 0.25) is 0 Å². The molecule has 2 aromatic rings. The second-order valence-electron chi connectivity index (χ2n) is 8.97. The zero-order valence-corrected chi connectivity index (χ0v) is 22.3. The van der Waals surface area contributed by atoms with Crippen molar-refractivity contribution in [3.8, 4) is 0 Å². The fourth-order valence-electron chi connectivity index (χ4n) is 4.18. The Bertz CT molecular complexity index is 1130. The number of esters is 2. The minimum Gasteiger partial charge on any atom is -0.480 e. The van der Waals surface area contributed by atoms with Gasteiger partial charge in [0.15, 0.2) is 10.8 Å². The van der Waals surface area contributed by atoms with E-state index in [0.717, 1.165) is 0 Å². The number of ether oxygens (including phenoxy) is 2. The van der Waals surface area contributed by atoms with Gasteiger partial charge < -0.3 is 19.7 Å². The predicted octanol–water partition coefficient (Wildman–Crippen LogP) is 4.32. The van der Waals surface area contributed by atoms with Gasteiger partial charge in [-0.25, -0.2) is 0 Å². The van der Waals surface area contributed by atoms with Crippen molar-refractivity contribution in [3.05, 3.63) is 71.8 Å². The zero-order valence-electron chi connectivity index (χ0n) is 22.3. The molecular weight excluding hydrogens is 508 g/mol. The number of carbonyl (C=O) groups is 6. The minimum absolute atomic E-state index is 0.203. The summed E-state index contributed by atoms with van der Waals surface area (Å²) in [6, 6.07) is 14.1. The van der Waals surface area contributed by atoms with E-state index in [1.807, 2.05) is 0 Å². The third-order valence-electron chi connectivity index (χ3n) is 7.16. The van der Waals surface area contributed by atoms with Crippen LogP contribution in [0.1, 0.15) is 74.1 Å². The second kappa shape index (κ2) is 12.5. The molecule has 2 aromatic carbocycles. The van der Waals surface area contributed by atoms with Gasteiger partial charge in [-0.1, -0.05) is 88.4 Å². The average Bonchev–Trinajstić information content (AvgIpc) is 2.94. The van der Waals surface area contributed by atoms with Gasteiger partial charge in [0.25, 0.3) is 11.6 Å². The van der Waals surface area contributed by atoms with Gasteiger partial charge in [-0.05, 0) is 25.7 Å². The Morgan fingerprint density at radius 3 is 1.08 bits per heavy atom. The van der Waals surface area contributed by atoms with Crippen LogP contribution in [0.2, 0.25) is 0 Å². The number of ketones is 2. The van der Waals surface area contributed by atoms with E-state index in [2.05, 4.69) is 0 Å². The van der Waals surface area contributed by atoms with Crippen molar-refractivity contribution in [2.24, 2.45) is 10.8 Å². The highest BCUT2D eigenvalue weighted by Gasteiger charge is 2.60. The molecule has 0 aliphatic carbocycles. The second-order valence-corrected chi connectivity index (χ2v) is 8.97. The van der Waals surface area contributed by atoms with Crippen LogP contribution >= 0.6 is 0 Å². The Hall–Kier alpha value is -4.34. The molecule has 208 valence electrons. The van der Waals surface area contributed by atoms with Crippen LogP contribution in [0.4, 0.5) is 0 Å². The SMILES string of the molecule is CCC(CC)(C(=O)O)C(=O)OC(OC(=O)C(CC)(CC)C(=O)O)(C(=O)c1ccccc1)C(=O)c1ccccc1. The number of carboxylic acid groups (broad SMARTS) is 2. The summed E-state index contributed by atoms with van der Waals surface area (Å²) in [7, 11) is 0. The normalized spacial score (nSPS) is 11.8. The molecule has 0 radical (unpaired) electrons. The lowest BCUT2D eigenvalue weighted by Gasteiger charge is -2.36. The highest BCUT2D eigenvalue weighted by molar-refractivity contribution is 6.23. The number of rotatable bonds is 14. The fourth-order valence-corrected chi connectivity index (χ4v) is 4.18. The first-order chi connectivity index (χ1) is 18.4. The maximum Gasteiger partial charge on any atom is 0.387 e. The smallest absolute Gasteiger partial charge is 0.387 e. The molecule has 0 atom stereocenters. The Morgan fingerprint density at radius 1 is 0.564 bits per heavy atom. The van der Waals surface area contributed by atoms with Gasteiger partial charge in [-0.3, -0.25) is 28.8 Å². The van der Waals surface area contributed by atoms with Crippen molar-refractivity contribution in [2.45, 2.75) is 59.2 Å². The van der Waals surface area contributed by atoms with Crippen molar-refractivity contribution in [1.29, 1.82) is 0 Å². The van der Waals surface area contributed by atoms with Crippen LogP contribution in [0.25, 0.3) is 0 Å². The van der Waals surface area contributed by atoms with E-state index in [4.69, 9.17) is 9.47 Å². The largest absolute Gasteiger partial charge is 0.480 e. The molecule has 0 aliphatic rings. The number of Topliss-reactive ketones (excluding diaryl/α,β-unsaturated/α-hetero) is 2. The van der Waals surface area contributed by atoms with E-state index in [1.54, 1.807) is 12.1 Å². The molecule has 0 saturated carbocycles. The highest BCUT2D eigenvalue weighted by Crippen LogP contribution is 2.37. The topological polar surface area (TPSA) is 161 Å². The van der Waals surface area contributed by atoms with Gasteiger partial charge >= 0.3 is 29.7 Å². The summed E-state index contributed by atoms with van der Waals surface area (Å²) in [4.78, 5) is 79.5. The molecule has 2 N–H and O–H groups in total. The number of carboxylic acids is 2. The number of carbonyl (C=O) groups excluding carboxylic acids is 4. The first-order valence-electron chi connectivity index (χ1n) is 12.6. The minimum atomic E-state index is -3.35. The summed E-state index contributed by atoms with van der Waals surface area (Å²) >= 11 is 0. The number of hydrogen-bond donors (Lipinski definition) is 2.